The lowest BCUT2D eigenvalue weighted by atomic mass is 9.90. The van der Waals surface area contributed by atoms with Crippen LogP contribution >= 0.6 is 0 Å². The van der Waals surface area contributed by atoms with Crippen LogP contribution < -0.4 is 5.32 Å². The Labute approximate surface area is 197 Å². The molecule has 2 heteroatoms. The molecule has 32 heavy (non-hydrogen) atoms. The predicted molar refractivity (Wildman–Crippen MR) is 138 cm³/mol. The second kappa shape index (κ2) is 17.5. The van der Waals surface area contributed by atoms with Gasteiger partial charge < -0.3 is 5.32 Å². The van der Waals surface area contributed by atoms with E-state index in [9.17, 15) is 4.79 Å². The van der Waals surface area contributed by atoms with E-state index in [0.29, 0.717) is 0 Å². The van der Waals surface area contributed by atoms with Crippen molar-refractivity contribution < 1.29 is 4.79 Å². The van der Waals surface area contributed by atoms with Gasteiger partial charge in [0, 0.05) is 6.54 Å². The molecule has 0 aromatic heterocycles. The third-order valence-corrected chi connectivity index (χ3v) is 6.36. The number of amides is 1. The van der Waals surface area contributed by atoms with Crippen LogP contribution in [0.4, 0.5) is 0 Å². The molecule has 0 aliphatic rings. The second-order valence-electron chi connectivity index (χ2n) is 9.14. The van der Waals surface area contributed by atoms with Gasteiger partial charge in [-0.3, -0.25) is 4.79 Å². The van der Waals surface area contributed by atoms with E-state index < -0.39 is 0 Å². The van der Waals surface area contributed by atoms with E-state index in [2.05, 4.69) is 12.2 Å². The average molecular weight is 436 g/mol. The summed E-state index contributed by atoms with van der Waals surface area (Å²) in [4.78, 5) is 13.0. The molecule has 1 amide bonds. The molecular formula is C30H45NO. The van der Waals surface area contributed by atoms with Crippen molar-refractivity contribution in [1.29, 1.82) is 0 Å². The molecule has 0 atom stereocenters. The number of nitrogens with one attached hydrogen (secondary N) is 1. The van der Waals surface area contributed by atoms with Gasteiger partial charge in [0.1, 0.15) is 0 Å². The summed E-state index contributed by atoms with van der Waals surface area (Å²) in [6, 6.07) is 20.2. The van der Waals surface area contributed by atoms with E-state index in [1.54, 1.807) is 0 Å². The molecule has 1 N–H and O–H groups in total. The minimum Gasteiger partial charge on any atom is -0.355 e. The lowest BCUT2D eigenvalue weighted by Crippen LogP contribution is -2.30. The number of hydrogen-bond donors (Lipinski definition) is 1. The zero-order chi connectivity index (χ0) is 22.7. The number of hydrogen-bond acceptors (Lipinski definition) is 1. The molecular weight excluding hydrogens is 390 g/mol. The van der Waals surface area contributed by atoms with Gasteiger partial charge in [-0.2, -0.15) is 0 Å². The topological polar surface area (TPSA) is 29.1 Å². The Balaban J connectivity index is 1.53. The third-order valence-electron chi connectivity index (χ3n) is 6.36. The van der Waals surface area contributed by atoms with Gasteiger partial charge in [-0.1, -0.05) is 151 Å². The maximum atomic E-state index is 13.0. The monoisotopic (exact) mass is 435 g/mol. The highest BCUT2D eigenvalue weighted by Gasteiger charge is 2.21. The molecule has 0 aliphatic carbocycles. The van der Waals surface area contributed by atoms with Crippen LogP contribution in [0.25, 0.3) is 0 Å². The van der Waals surface area contributed by atoms with Crippen molar-refractivity contribution in [2.45, 2.75) is 103 Å². The molecule has 0 saturated heterocycles. The largest absolute Gasteiger partial charge is 0.355 e. The fraction of sp³-hybridized carbons (Fsp3) is 0.567. The number of carbonyl (C=O) groups excluding carboxylic acids is 1. The first-order valence-corrected chi connectivity index (χ1v) is 13.2. The minimum atomic E-state index is -0.232. The summed E-state index contributed by atoms with van der Waals surface area (Å²) in [5, 5.41) is 3.18. The standard InChI is InChI=1S/C30H45NO/c1-2-3-4-5-6-7-8-9-10-11-12-13-14-21-26-31-30(32)29(27-22-17-15-18-23-27)28-24-19-16-20-25-28/h15-20,22-25,29H,2-14,21,26H2,1H3,(H,31,32). The van der Waals surface area contributed by atoms with Gasteiger partial charge in [0.25, 0.3) is 0 Å². The van der Waals surface area contributed by atoms with Crippen LogP contribution in [0.2, 0.25) is 0 Å². The quantitative estimate of drug-likeness (QED) is 0.234. The Morgan fingerprint density at radius 3 is 1.38 bits per heavy atom. The van der Waals surface area contributed by atoms with Crippen molar-refractivity contribution in [2.75, 3.05) is 6.54 Å². The van der Waals surface area contributed by atoms with Gasteiger partial charge in [-0.15, -0.1) is 0 Å². The molecule has 176 valence electrons. The summed E-state index contributed by atoms with van der Waals surface area (Å²) < 4.78 is 0. The van der Waals surface area contributed by atoms with Crippen molar-refractivity contribution in [1.82, 2.24) is 5.32 Å². The SMILES string of the molecule is CCCCCCCCCCCCCCCCNC(=O)C(c1ccccc1)c1ccccc1. The van der Waals surface area contributed by atoms with Gasteiger partial charge >= 0.3 is 0 Å². The molecule has 2 aromatic carbocycles. The van der Waals surface area contributed by atoms with Crippen LogP contribution in [0.3, 0.4) is 0 Å². The molecule has 0 radical (unpaired) electrons. The fourth-order valence-corrected chi connectivity index (χ4v) is 4.42. The summed E-state index contributed by atoms with van der Waals surface area (Å²) in [7, 11) is 0. The van der Waals surface area contributed by atoms with Crippen molar-refractivity contribution in [3.63, 3.8) is 0 Å². The maximum Gasteiger partial charge on any atom is 0.232 e. The second-order valence-corrected chi connectivity index (χ2v) is 9.14. The Hall–Kier alpha value is -2.09. The van der Waals surface area contributed by atoms with Crippen LogP contribution in [0.1, 0.15) is 114 Å². The molecule has 0 unspecified atom stereocenters. The summed E-state index contributed by atoms with van der Waals surface area (Å²) in [5.41, 5.74) is 2.11. The highest BCUT2D eigenvalue weighted by molar-refractivity contribution is 5.87. The third kappa shape index (κ3) is 11.0. The lowest BCUT2D eigenvalue weighted by molar-refractivity contribution is -0.121. The zero-order valence-corrected chi connectivity index (χ0v) is 20.4. The molecule has 2 nitrogen and oxygen atoms in total. The number of carbonyl (C=O) groups is 1. The van der Waals surface area contributed by atoms with Crippen LogP contribution in [-0.4, -0.2) is 12.5 Å². The zero-order valence-electron chi connectivity index (χ0n) is 20.4. The molecule has 2 aromatic rings. The number of benzene rings is 2. The van der Waals surface area contributed by atoms with Crippen LogP contribution in [0, 0.1) is 0 Å². The average Bonchev–Trinajstić information content (AvgIpc) is 2.83. The summed E-state index contributed by atoms with van der Waals surface area (Å²) >= 11 is 0. The van der Waals surface area contributed by atoms with E-state index in [4.69, 9.17) is 0 Å². The van der Waals surface area contributed by atoms with Crippen molar-refractivity contribution in [3.8, 4) is 0 Å². The predicted octanol–water partition coefficient (Wildman–Crippen LogP) is 8.42. The van der Waals surface area contributed by atoms with E-state index in [1.807, 2.05) is 60.7 Å². The normalized spacial score (nSPS) is 11.1. The first-order chi connectivity index (χ1) is 15.8. The maximum absolute atomic E-state index is 13.0. The van der Waals surface area contributed by atoms with Crippen LogP contribution in [0.5, 0.6) is 0 Å². The smallest absolute Gasteiger partial charge is 0.232 e. The summed E-state index contributed by atoms with van der Waals surface area (Å²) in [5.74, 6) is -0.124. The Morgan fingerprint density at radius 1 is 0.594 bits per heavy atom. The summed E-state index contributed by atoms with van der Waals surface area (Å²) in [6.45, 7) is 3.05. The molecule has 0 heterocycles. The molecule has 0 fully saturated rings. The minimum absolute atomic E-state index is 0.108. The highest BCUT2D eigenvalue weighted by atomic mass is 16.1. The summed E-state index contributed by atoms with van der Waals surface area (Å²) in [6.07, 6.45) is 18.9. The molecule has 0 spiro atoms. The molecule has 0 aliphatic heterocycles. The van der Waals surface area contributed by atoms with Crippen LogP contribution in [-0.2, 0) is 4.79 Å². The van der Waals surface area contributed by atoms with Crippen LogP contribution in [0.15, 0.2) is 60.7 Å². The van der Waals surface area contributed by atoms with Gasteiger partial charge in [0.05, 0.1) is 5.92 Å². The molecule has 0 bridgehead atoms. The van der Waals surface area contributed by atoms with Crippen molar-refractivity contribution in [3.05, 3.63) is 71.8 Å². The molecule has 0 saturated carbocycles. The highest BCUT2D eigenvalue weighted by Crippen LogP contribution is 2.24. The first kappa shape index (κ1) is 26.2. The Morgan fingerprint density at radius 2 is 0.969 bits per heavy atom. The number of unbranched alkanes of at least 4 members (excludes halogenated alkanes) is 13. The first-order valence-electron chi connectivity index (χ1n) is 13.2. The van der Waals surface area contributed by atoms with E-state index in [-0.39, 0.29) is 11.8 Å². The Bertz CT molecular complexity index is 658. The lowest BCUT2D eigenvalue weighted by Gasteiger charge is -2.18. The number of rotatable bonds is 18. The Kier molecular flexibility index (Phi) is 14.3. The van der Waals surface area contributed by atoms with E-state index in [1.165, 1.54) is 83.5 Å². The van der Waals surface area contributed by atoms with Gasteiger partial charge in [-0.05, 0) is 17.5 Å². The van der Waals surface area contributed by atoms with Crippen molar-refractivity contribution in [2.24, 2.45) is 0 Å². The van der Waals surface area contributed by atoms with E-state index >= 15 is 0 Å². The van der Waals surface area contributed by atoms with Gasteiger partial charge in [0.15, 0.2) is 0 Å². The van der Waals surface area contributed by atoms with Gasteiger partial charge in [0.2, 0.25) is 5.91 Å². The molecule has 2 rings (SSSR count). The fourth-order valence-electron chi connectivity index (χ4n) is 4.42. The van der Waals surface area contributed by atoms with Crippen molar-refractivity contribution >= 4 is 5.91 Å². The van der Waals surface area contributed by atoms with E-state index in [0.717, 1.165) is 24.1 Å². The van der Waals surface area contributed by atoms with Gasteiger partial charge in [-0.25, -0.2) is 0 Å².